The number of benzene rings is 1. The Balaban J connectivity index is 1.35. The Kier molecular flexibility index (Phi) is 12.9. The number of hydrogen-bond donors (Lipinski definition) is 1. The maximum absolute atomic E-state index is 13.1. The Bertz CT molecular complexity index is 934. The molecule has 1 aromatic rings. The number of likely N-dealkylation sites (tertiary alicyclic amines) is 1. The van der Waals surface area contributed by atoms with Crippen molar-refractivity contribution in [3.8, 4) is 0 Å². The molecule has 0 aromatic heterocycles. The number of piperidine rings is 1. The van der Waals surface area contributed by atoms with E-state index in [9.17, 15) is 4.79 Å². The zero-order chi connectivity index (χ0) is 29.8. The molecule has 42 heavy (non-hydrogen) atoms. The minimum Gasteiger partial charge on any atom is -0.440 e. The second-order valence-electron chi connectivity index (χ2n) is 12.9. The van der Waals surface area contributed by atoms with Gasteiger partial charge in [-0.25, -0.2) is 4.79 Å². The predicted octanol–water partition coefficient (Wildman–Crippen LogP) is 7.58. The molecule has 1 amide bonds. The summed E-state index contributed by atoms with van der Waals surface area (Å²) in [5.41, 5.74) is 1.82. The molecule has 0 spiro atoms. The van der Waals surface area contributed by atoms with Crippen molar-refractivity contribution in [3.05, 3.63) is 29.8 Å². The lowest BCUT2D eigenvalue weighted by Gasteiger charge is -2.29. The number of nitrogens with one attached hydrogen (secondary N) is 1. The van der Waals surface area contributed by atoms with Crippen LogP contribution in [-0.2, 0) is 23.7 Å². The van der Waals surface area contributed by atoms with Crippen LogP contribution in [-0.4, -0.2) is 73.7 Å². The molecule has 0 aliphatic carbocycles. The first-order valence-electron chi connectivity index (χ1n) is 16.7. The highest BCUT2D eigenvalue weighted by molar-refractivity contribution is 5.84. The van der Waals surface area contributed by atoms with Crippen LogP contribution in [0.2, 0.25) is 0 Å². The van der Waals surface area contributed by atoms with Crippen molar-refractivity contribution in [3.63, 3.8) is 0 Å². The normalized spacial score (nSPS) is 27.2. The topological polar surface area (TPSA) is 78.5 Å². The lowest BCUT2D eigenvalue weighted by Crippen LogP contribution is -2.46. The van der Waals surface area contributed by atoms with Crippen molar-refractivity contribution in [2.75, 3.05) is 38.2 Å². The lowest BCUT2D eigenvalue weighted by molar-refractivity contribution is -0.278. The molecule has 0 saturated carbocycles. The molecule has 1 aromatic carbocycles. The van der Waals surface area contributed by atoms with Gasteiger partial charge in [0.05, 0.1) is 0 Å². The summed E-state index contributed by atoms with van der Waals surface area (Å²) in [4.78, 5) is 15.6. The summed E-state index contributed by atoms with van der Waals surface area (Å²) in [6.07, 6.45) is 13.5. The molecule has 0 radical (unpaired) electrons. The first-order chi connectivity index (χ1) is 20.3. The van der Waals surface area contributed by atoms with Gasteiger partial charge in [-0.2, -0.15) is 0 Å². The fraction of sp³-hybridized carbons (Fsp3) is 0.794. The van der Waals surface area contributed by atoms with E-state index < -0.39 is 29.9 Å². The number of amides is 1. The molecular weight excluding hydrogens is 532 g/mol. The number of carbonyl (C=O) groups excluding carboxylic acids is 1. The number of rotatable bonds is 17. The summed E-state index contributed by atoms with van der Waals surface area (Å²) in [5.74, 6) is -1.98. The van der Waals surface area contributed by atoms with Crippen LogP contribution in [0.3, 0.4) is 0 Å². The van der Waals surface area contributed by atoms with Crippen molar-refractivity contribution < 1.29 is 28.5 Å². The number of anilines is 1. The SMILES string of the molecule is CCCCCCCCCCOC[C@@]12O[C@@H](CCCN3CCCCC3)[C@@H](OC(=O)Nc3ccc(C)cc3)[C@@H]1OC(C)(C)O2. The van der Waals surface area contributed by atoms with Crippen molar-refractivity contribution in [1.82, 2.24) is 4.90 Å². The third-order valence-corrected chi connectivity index (χ3v) is 8.68. The predicted molar refractivity (Wildman–Crippen MR) is 166 cm³/mol. The van der Waals surface area contributed by atoms with Crippen LogP contribution in [0.4, 0.5) is 10.5 Å². The molecule has 3 fully saturated rings. The maximum atomic E-state index is 13.1. The molecule has 0 bridgehead atoms. The maximum Gasteiger partial charge on any atom is 0.412 e. The van der Waals surface area contributed by atoms with Crippen LogP contribution < -0.4 is 5.32 Å². The largest absolute Gasteiger partial charge is 0.440 e. The Morgan fingerprint density at radius 3 is 2.36 bits per heavy atom. The van der Waals surface area contributed by atoms with Crippen molar-refractivity contribution in [2.24, 2.45) is 0 Å². The fourth-order valence-corrected chi connectivity index (χ4v) is 6.49. The Morgan fingerprint density at radius 1 is 0.952 bits per heavy atom. The second-order valence-corrected chi connectivity index (χ2v) is 12.9. The zero-order valence-electron chi connectivity index (χ0n) is 26.7. The molecule has 1 N–H and O–H groups in total. The summed E-state index contributed by atoms with van der Waals surface area (Å²) in [6, 6.07) is 7.67. The minimum absolute atomic E-state index is 0.250. The molecular formula is C34H56N2O6. The van der Waals surface area contributed by atoms with E-state index in [0.717, 1.165) is 50.9 Å². The summed E-state index contributed by atoms with van der Waals surface area (Å²) < 4.78 is 31.7. The number of hydrogen-bond acceptors (Lipinski definition) is 7. The molecule has 3 saturated heterocycles. The third-order valence-electron chi connectivity index (χ3n) is 8.68. The zero-order valence-corrected chi connectivity index (χ0v) is 26.7. The van der Waals surface area contributed by atoms with Crippen LogP contribution in [0, 0.1) is 6.92 Å². The minimum atomic E-state index is -1.10. The van der Waals surface area contributed by atoms with Crippen molar-refractivity contribution in [1.29, 1.82) is 0 Å². The van der Waals surface area contributed by atoms with Crippen LogP contribution in [0.1, 0.15) is 110 Å². The molecule has 4 atom stereocenters. The van der Waals surface area contributed by atoms with Gasteiger partial charge in [0.1, 0.15) is 12.7 Å². The number of carbonyl (C=O) groups is 1. The standard InChI is InChI=1S/C34H56N2O6/c1-5-6-7-8-9-10-11-15-25-38-26-34-31(41-33(3,4)42-34)30(39-32(37)35-28-20-18-27(2)19-21-28)29(40-34)17-16-24-36-22-13-12-14-23-36/h18-21,29-31H,5-17,22-26H2,1-4H3,(H,35,37)/t29-,30+,31-,34-/m0/s1. The quantitative estimate of drug-likeness (QED) is 0.188. The molecule has 8 heteroatoms. The average molecular weight is 589 g/mol. The monoisotopic (exact) mass is 588 g/mol. The van der Waals surface area contributed by atoms with Gasteiger partial charge in [-0.1, -0.05) is 76.0 Å². The van der Waals surface area contributed by atoms with Gasteiger partial charge in [0.2, 0.25) is 5.79 Å². The van der Waals surface area contributed by atoms with Gasteiger partial charge in [0.15, 0.2) is 18.0 Å². The first-order valence-corrected chi connectivity index (χ1v) is 16.7. The number of ether oxygens (including phenoxy) is 5. The van der Waals surface area contributed by atoms with Gasteiger partial charge in [0.25, 0.3) is 0 Å². The summed E-state index contributed by atoms with van der Waals surface area (Å²) in [6.45, 7) is 12.3. The third kappa shape index (κ3) is 9.91. The van der Waals surface area contributed by atoms with Gasteiger partial charge in [0, 0.05) is 12.3 Å². The van der Waals surface area contributed by atoms with Crippen LogP contribution in [0.15, 0.2) is 24.3 Å². The van der Waals surface area contributed by atoms with Gasteiger partial charge >= 0.3 is 6.09 Å². The highest BCUT2D eigenvalue weighted by Crippen LogP contribution is 2.47. The molecule has 238 valence electrons. The van der Waals surface area contributed by atoms with Gasteiger partial charge < -0.3 is 28.6 Å². The van der Waals surface area contributed by atoms with E-state index in [-0.39, 0.29) is 12.7 Å². The molecule has 4 rings (SSSR count). The number of aryl methyl sites for hydroxylation is 1. The Hall–Kier alpha value is -1.71. The van der Waals surface area contributed by atoms with Crippen LogP contribution >= 0.6 is 0 Å². The van der Waals surface area contributed by atoms with Crippen molar-refractivity contribution >= 4 is 11.8 Å². The Labute approximate surface area is 254 Å². The van der Waals surface area contributed by atoms with Crippen LogP contribution in [0.25, 0.3) is 0 Å². The molecule has 3 heterocycles. The van der Waals surface area contributed by atoms with E-state index in [2.05, 4.69) is 17.1 Å². The van der Waals surface area contributed by atoms with E-state index in [1.807, 2.05) is 45.0 Å². The number of unbranched alkanes of at least 4 members (excludes halogenated alkanes) is 7. The number of fused-ring (bicyclic) bond motifs is 1. The van der Waals surface area contributed by atoms with E-state index in [1.165, 1.54) is 57.8 Å². The number of nitrogens with zero attached hydrogens (tertiary/aromatic N) is 1. The van der Waals surface area contributed by atoms with E-state index >= 15 is 0 Å². The molecule has 8 nitrogen and oxygen atoms in total. The summed E-state index contributed by atoms with van der Waals surface area (Å²) in [7, 11) is 0. The fourth-order valence-electron chi connectivity index (χ4n) is 6.49. The van der Waals surface area contributed by atoms with Crippen molar-refractivity contribution in [2.45, 2.75) is 141 Å². The first kappa shape index (κ1) is 33.2. The van der Waals surface area contributed by atoms with Gasteiger partial charge in [-0.05, 0) is 84.6 Å². The lowest BCUT2D eigenvalue weighted by atomic mass is 10.0. The smallest absolute Gasteiger partial charge is 0.412 e. The highest BCUT2D eigenvalue weighted by atomic mass is 16.9. The van der Waals surface area contributed by atoms with Gasteiger partial charge in [-0.3, -0.25) is 5.32 Å². The summed E-state index contributed by atoms with van der Waals surface area (Å²) in [5, 5.41) is 2.87. The second kappa shape index (κ2) is 16.4. The van der Waals surface area contributed by atoms with Gasteiger partial charge in [-0.15, -0.1) is 0 Å². The highest BCUT2D eigenvalue weighted by Gasteiger charge is 2.66. The van der Waals surface area contributed by atoms with E-state index in [4.69, 9.17) is 23.7 Å². The molecule has 3 aliphatic rings. The summed E-state index contributed by atoms with van der Waals surface area (Å²) >= 11 is 0. The average Bonchev–Trinajstić information content (AvgIpc) is 3.38. The molecule has 3 aliphatic heterocycles. The van der Waals surface area contributed by atoms with E-state index in [0.29, 0.717) is 12.3 Å². The van der Waals surface area contributed by atoms with Crippen LogP contribution in [0.5, 0.6) is 0 Å². The van der Waals surface area contributed by atoms with E-state index in [1.54, 1.807) is 0 Å². The Morgan fingerprint density at radius 2 is 1.64 bits per heavy atom. The molecule has 0 unspecified atom stereocenters.